The molecule has 0 aliphatic heterocycles. The van der Waals surface area contributed by atoms with Gasteiger partial charge in [0.05, 0.1) is 19.1 Å². The highest BCUT2D eigenvalue weighted by Gasteiger charge is 2.14. The number of methoxy groups -OCH3 is 1. The Morgan fingerprint density at radius 3 is 2.81 bits per heavy atom. The number of carbonyl (C=O) groups excluding carboxylic acids is 1. The van der Waals surface area contributed by atoms with Crippen molar-refractivity contribution in [1.82, 2.24) is 0 Å². The topological polar surface area (TPSA) is 77.5 Å². The number of thiocarbonyl (C=S) groups is 1. The number of nitrogens with two attached hydrogens (primary N) is 1. The van der Waals surface area contributed by atoms with E-state index < -0.39 is 0 Å². The van der Waals surface area contributed by atoms with Gasteiger partial charge in [0.2, 0.25) is 5.91 Å². The molecule has 0 atom stereocenters. The first-order valence-corrected chi connectivity index (χ1v) is 6.81. The molecule has 3 N–H and O–H groups in total. The van der Waals surface area contributed by atoms with E-state index >= 15 is 0 Å². The van der Waals surface area contributed by atoms with Crippen molar-refractivity contribution in [2.45, 2.75) is 12.8 Å². The second-order valence-electron chi connectivity index (χ2n) is 4.37. The molecule has 2 aromatic rings. The van der Waals surface area contributed by atoms with Gasteiger partial charge in [-0.1, -0.05) is 18.3 Å². The minimum Gasteiger partial charge on any atom is -0.495 e. The van der Waals surface area contributed by atoms with E-state index in [1.807, 2.05) is 6.07 Å². The average Bonchev–Trinajstić information content (AvgIpc) is 2.98. The van der Waals surface area contributed by atoms with Crippen LogP contribution in [0.15, 0.2) is 41.0 Å². The van der Waals surface area contributed by atoms with Crippen LogP contribution in [-0.4, -0.2) is 18.0 Å². The number of benzene rings is 1. The summed E-state index contributed by atoms with van der Waals surface area (Å²) in [5, 5.41) is 2.80. The summed E-state index contributed by atoms with van der Waals surface area (Å²) in [6.07, 6.45) is 2.40. The van der Waals surface area contributed by atoms with Crippen LogP contribution >= 0.6 is 12.2 Å². The van der Waals surface area contributed by atoms with Gasteiger partial charge in [0, 0.05) is 18.4 Å². The Labute approximate surface area is 128 Å². The summed E-state index contributed by atoms with van der Waals surface area (Å²) in [5.74, 6) is 1.12. The Morgan fingerprint density at radius 1 is 1.38 bits per heavy atom. The van der Waals surface area contributed by atoms with E-state index in [2.05, 4.69) is 5.32 Å². The lowest BCUT2D eigenvalue weighted by Crippen LogP contribution is -2.18. The molecule has 0 aliphatic carbocycles. The predicted octanol–water partition coefficient (Wildman–Crippen LogP) is 2.49. The van der Waals surface area contributed by atoms with E-state index in [-0.39, 0.29) is 10.9 Å². The third-order valence-corrected chi connectivity index (χ3v) is 3.17. The Morgan fingerprint density at radius 2 is 2.19 bits per heavy atom. The van der Waals surface area contributed by atoms with E-state index in [0.29, 0.717) is 29.8 Å². The van der Waals surface area contributed by atoms with E-state index in [1.54, 1.807) is 30.5 Å². The number of aryl methyl sites for hydroxylation is 1. The van der Waals surface area contributed by atoms with Crippen molar-refractivity contribution in [3.8, 4) is 5.75 Å². The Kier molecular flexibility index (Phi) is 4.94. The van der Waals surface area contributed by atoms with Gasteiger partial charge in [-0.2, -0.15) is 0 Å². The van der Waals surface area contributed by atoms with Crippen LogP contribution in [0.1, 0.15) is 17.7 Å². The molecule has 0 unspecified atom stereocenters. The van der Waals surface area contributed by atoms with E-state index in [9.17, 15) is 4.79 Å². The molecule has 0 spiro atoms. The normalized spacial score (nSPS) is 10.1. The van der Waals surface area contributed by atoms with Gasteiger partial charge >= 0.3 is 0 Å². The number of hydrogen-bond donors (Lipinski definition) is 2. The molecule has 0 aliphatic rings. The van der Waals surface area contributed by atoms with Gasteiger partial charge in [0.15, 0.2) is 0 Å². The Balaban J connectivity index is 2.10. The summed E-state index contributed by atoms with van der Waals surface area (Å²) in [5.41, 5.74) is 6.75. The van der Waals surface area contributed by atoms with Gasteiger partial charge in [0.25, 0.3) is 0 Å². The first-order chi connectivity index (χ1) is 10.1. The van der Waals surface area contributed by atoms with Crippen LogP contribution < -0.4 is 15.8 Å². The van der Waals surface area contributed by atoms with Crippen molar-refractivity contribution >= 4 is 28.8 Å². The third kappa shape index (κ3) is 3.82. The van der Waals surface area contributed by atoms with Crippen LogP contribution in [0.4, 0.5) is 5.69 Å². The quantitative estimate of drug-likeness (QED) is 0.802. The first-order valence-electron chi connectivity index (χ1n) is 6.41. The van der Waals surface area contributed by atoms with E-state index in [1.165, 1.54) is 7.11 Å². The lowest BCUT2D eigenvalue weighted by atomic mass is 10.1. The lowest BCUT2D eigenvalue weighted by Gasteiger charge is -2.14. The molecule has 1 aromatic heterocycles. The largest absolute Gasteiger partial charge is 0.495 e. The van der Waals surface area contributed by atoms with Gasteiger partial charge in [-0.15, -0.1) is 0 Å². The lowest BCUT2D eigenvalue weighted by molar-refractivity contribution is -0.116. The third-order valence-electron chi connectivity index (χ3n) is 2.95. The average molecular weight is 304 g/mol. The summed E-state index contributed by atoms with van der Waals surface area (Å²) in [7, 11) is 1.52. The minimum atomic E-state index is -0.159. The molecular formula is C15H16N2O3S. The number of ether oxygens (including phenoxy) is 1. The fourth-order valence-corrected chi connectivity index (χ4v) is 2.10. The zero-order valence-electron chi connectivity index (χ0n) is 11.6. The first kappa shape index (κ1) is 15.1. The van der Waals surface area contributed by atoms with Crippen LogP contribution in [0.5, 0.6) is 5.75 Å². The van der Waals surface area contributed by atoms with Crippen LogP contribution in [-0.2, 0) is 11.2 Å². The summed E-state index contributed by atoms with van der Waals surface area (Å²) < 4.78 is 10.4. The second kappa shape index (κ2) is 6.90. The maximum atomic E-state index is 12.1. The molecule has 0 saturated heterocycles. The molecule has 0 fully saturated rings. The highest BCUT2D eigenvalue weighted by atomic mass is 32.1. The van der Waals surface area contributed by atoms with Crippen LogP contribution in [0.25, 0.3) is 0 Å². The number of carbonyl (C=O) groups is 1. The maximum Gasteiger partial charge on any atom is 0.224 e. The van der Waals surface area contributed by atoms with Crippen molar-refractivity contribution in [2.75, 3.05) is 12.4 Å². The van der Waals surface area contributed by atoms with Crippen molar-refractivity contribution < 1.29 is 13.9 Å². The number of amides is 1. The molecule has 1 aromatic carbocycles. The van der Waals surface area contributed by atoms with Crippen molar-refractivity contribution in [2.24, 2.45) is 5.73 Å². The Bertz CT molecular complexity index is 638. The molecule has 21 heavy (non-hydrogen) atoms. The maximum absolute atomic E-state index is 12.1. The summed E-state index contributed by atoms with van der Waals surface area (Å²) in [4.78, 5) is 12.3. The molecule has 5 nitrogen and oxygen atoms in total. The standard InChI is InChI=1S/C15H16N2O3S/c1-19-12-6-2-5-11(15(16)21)14(12)17-13(18)8-7-10-4-3-9-20-10/h2-6,9H,7-8H2,1H3,(H2,16,21)(H,17,18). The van der Waals surface area contributed by atoms with E-state index in [0.717, 1.165) is 5.76 Å². The number of anilines is 1. The fraction of sp³-hybridized carbons (Fsp3) is 0.200. The molecular weight excluding hydrogens is 288 g/mol. The number of para-hydroxylation sites is 1. The van der Waals surface area contributed by atoms with Gasteiger partial charge < -0.3 is 20.2 Å². The van der Waals surface area contributed by atoms with E-state index in [4.69, 9.17) is 27.1 Å². The zero-order chi connectivity index (χ0) is 15.2. The summed E-state index contributed by atoms with van der Waals surface area (Å²) >= 11 is 5.00. The molecule has 0 saturated carbocycles. The highest BCUT2D eigenvalue weighted by Crippen LogP contribution is 2.28. The molecule has 1 heterocycles. The number of rotatable bonds is 6. The smallest absolute Gasteiger partial charge is 0.224 e. The van der Waals surface area contributed by atoms with Gasteiger partial charge in [0.1, 0.15) is 16.5 Å². The van der Waals surface area contributed by atoms with Crippen LogP contribution in [0.2, 0.25) is 0 Å². The van der Waals surface area contributed by atoms with Crippen molar-refractivity contribution in [3.05, 3.63) is 47.9 Å². The van der Waals surface area contributed by atoms with Crippen LogP contribution in [0, 0.1) is 0 Å². The molecule has 1 amide bonds. The Hall–Kier alpha value is -2.34. The SMILES string of the molecule is COc1cccc(C(N)=S)c1NC(=O)CCc1ccco1. The summed E-state index contributed by atoms with van der Waals surface area (Å²) in [6, 6.07) is 8.87. The monoisotopic (exact) mass is 304 g/mol. The fourth-order valence-electron chi connectivity index (χ4n) is 1.93. The van der Waals surface area contributed by atoms with Crippen molar-refractivity contribution in [3.63, 3.8) is 0 Å². The number of furan rings is 1. The minimum absolute atomic E-state index is 0.159. The molecule has 0 radical (unpaired) electrons. The molecule has 6 heteroatoms. The molecule has 2 rings (SSSR count). The predicted molar refractivity (Wildman–Crippen MR) is 84.5 cm³/mol. The molecule has 0 bridgehead atoms. The van der Waals surface area contributed by atoms with Crippen molar-refractivity contribution in [1.29, 1.82) is 0 Å². The highest BCUT2D eigenvalue weighted by molar-refractivity contribution is 7.80. The zero-order valence-corrected chi connectivity index (χ0v) is 12.4. The van der Waals surface area contributed by atoms with Gasteiger partial charge in [-0.3, -0.25) is 4.79 Å². The number of hydrogen-bond acceptors (Lipinski definition) is 4. The van der Waals surface area contributed by atoms with Crippen LogP contribution in [0.3, 0.4) is 0 Å². The summed E-state index contributed by atoms with van der Waals surface area (Å²) in [6.45, 7) is 0. The second-order valence-corrected chi connectivity index (χ2v) is 4.81. The molecule has 110 valence electrons. The number of nitrogens with one attached hydrogen (secondary N) is 1. The van der Waals surface area contributed by atoms with Gasteiger partial charge in [-0.25, -0.2) is 0 Å². The van der Waals surface area contributed by atoms with Gasteiger partial charge in [-0.05, 0) is 24.3 Å².